The van der Waals surface area contributed by atoms with Gasteiger partial charge in [-0.05, 0) is 31.4 Å². The van der Waals surface area contributed by atoms with Gasteiger partial charge in [0, 0.05) is 43.1 Å². The van der Waals surface area contributed by atoms with E-state index in [1.54, 1.807) is 4.90 Å². The maximum Gasteiger partial charge on any atom is 0.408 e. The van der Waals surface area contributed by atoms with E-state index in [2.05, 4.69) is 15.4 Å². The minimum Gasteiger partial charge on any atom is -0.388 e. The number of carbonyl (C=O) groups is 1. The minimum absolute atomic E-state index is 0.133. The van der Waals surface area contributed by atoms with Gasteiger partial charge in [0.15, 0.2) is 5.01 Å². The molecule has 0 saturated carbocycles. The summed E-state index contributed by atoms with van der Waals surface area (Å²) < 4.78 is 39.1. The summed E-state index contributed by atoms with van der Waals surface area (Å²) in [5.74, 6) is -0.133. The van der Waals surface area contributed by atoms with E-state index >= 15 is 0 Å². The maximum absolute atomic E-state index is 13.0. The lowest BCUT2D eigenvalue weighted by Gasteiger charge is -2.25. The molecular formula is C21H22F3N5OS. The molecule has 0 spiro atoms. The van der Waals surface area contributed by atoms with E-state index in [-0.39, 0.29) is 5.91 Å². The molecule has 3 aromatic rings. The zero-order valence-electron chi connectivity index (χ0n) is 16.9. The SMILES string of the molecule is CNc1ccc(-c2nc(C(=O)N3CCCCC3)sc2-c2cnn(CC(F)(F)F)c2)cc1. The lowest BCUT2D eigenvalue weighted by molar-refractivity contribution is -0.142. The zero-order chi connectivity index (χ0) is 22.0. The summed E-state index contributed by atoms with van der Waals surface area (Å²) >= 11 is 1.20. The van der Waals surface area contributed by atoms with Gasteiger partial charge >= 0.3 is 6.18 Å². The van der Waals surface area contributed by atoms with Crippen molar-refractivity contribution in [2.75, 3.05) is 25.5 Å². The van der Waals surface area contributed by atoms with E-state index in [1.165, 1.54) is 23.7 Å². The molecule has 1 aliphatic rings. The Hall–Kier alpha value is -2.88. The van der Waals surface area contributed by atoms with Gasteiger partial charge in [-0.1, -0.05) is 12.1 Å². The van der Waals surface area contributed by atoms with Crippen molar-refractivity contribution in [1.82, 2.24) is 19.7 Å². The molecule has 0 aliphatic carbocycles. The number of halogens is 3. The fourth-order valence-electron chi connectivity index (χ4n) is 3.58. The summed E-state index contributed by atoms with van der Waals surface area (Å²) in [6, 6.07) is 7.52. The van der Waals surface area contributed by atoms with Gasteiger partial charge in [0.2, 0.25) is 0 Å². The van der Waals surface area contributed by atoms with Crippen molar-refractivity contribution in [3.63, 3.8) is 0 Å². The first-order valence-electron chi connectivity index (χ1n) is 10.0. The van der Waals surface area contributed by atoms with Crippen LogP contribution in [0.4, 0.5) is 18.9 Å². The second-order valence-corrected chi connectivity index (χ2v) is 8.42. The number of nitrogens with zero attached hydrogens (tertiary/aromatic N) is 4. The number of alkyl halides is 3. The number of aromatic nitrogens is 3. The second kappa shape index (κ2) is 8.70. The summed E-state index contributed by atoms with van der Waals surface area (Å²) in [6.07, 6.45) is 1.41. The number of thiazole rings is 1. The number of piperidine rings is 1. The molecule has 4 rings (SSSR count). The molecule has 1 aromatic carbocycles. The van der Waals surface area contributed by atoms with Gasteiger partial charge in [-0.2, -0.15) is 18.3 Å². The van der Waals surface area contributed by atoms with Crippen molar-refractivity contribution < 1.29 is 18.0 Å². The molecule has 0 radical (unpaired) electrons. The number of hydrogen-bond donors (Lipinski definition) is 1. The standard InChI is InChI=1S/C21H22F3N5OS/c1-25-16-7-5-14(6-8-16)17-18(15-11-26-29(12-15)13-21(22,23)24)31-19(27-17)20(30)28-9-3-2-4-10-28/h5-8,11-12,25H,2-4,9-10,13H2,1H3. The first kappa shape index (κ1) is 21.4. The third-order valence-electron chi connectivity index (χ3n) is 5.14. The van der Waals surface area contributed by atoms with Crippen LogP contribution in [0, 0.1) is 0 Å². The molecule has 3 heterocycles. The minimum atomic E-state index is -4.36. The van der Waals surface area contributed by atoms with E-state index in [0.717, 1.165) is 35.2 Å². The molecule has 1 saturated heterocycles. The van der Waals surface area contributed by atoms with Gasteiger partial charge in [0.05, 0.1) is 16.8 Å². The number of likely N-dealkylation sites (tertiary alicyclic amines) is 1. The average Bonchev–Trinajstić information content (AvgIpc) is 3.40. The summed E-state index contributed by atoms with van der Waals surface area (Å²) in [5, 5.41) is 7.24. The predicted octanol–water partition coefficient (Wildman–Crippen LogP) is 4.90. The van der Waals surface area contributed by atoms with Crippen LogP contribution in [0.25, 0.3) is 21.7 Å². The van der Waals surface area contributed by atoms with Crippen molar-refractivity contribution in [2.45, 2.75) is 32.0 Å². The third kappa shape index (κ3) is 4.90. The first-order valence-corrected chi connectivity index (χ1v) is 10.8. The van der Waals surface area contributed by atoms with Crippen molar-refractivity contribution in [3.05, 3.63) is 41.7 Å². The smallest absolute Gasteiger partial charge is 0.388 e. The third-order valence-corrected chi connectivity index (χ3v) is 6.23. The van der Waals surface area contributed by atoms with E-state index in [4.69, 9.17) is 0 Å². The molecule has 31 heavy (non-hydrogen) atoms. The molecule has 1 aliphatic heterocycles. The van der Waals surface area contributed by atoms with Gasteiger partial charge < -0.3 is 10.2 Å². The Morgan fingerprint density at radius 3 is 2.48 bits per heavy atom. The second-order valence-electron chi connectivity index (χ2n) is 7.42. The molecule has 1 amide bonds. The van der Waals surface area contributed by atoms with Crippen LogP contribution in [0.2, 0.25) is 0 Å². The number of rotatable bonds is 5. The van der Waals surface area contributed by atoms with Crippen LogP contribution in [0.15, 0.2) is 36.7 Å². The first-order chi connectivity index (χ1) is 14.8. The highest BCUT2D eigenvalue weighted by Crippen LogP contribution is 2.38. The van der Waals surface area contributed by atoms with Crippen LogP contribution in [0.3, 0.4) is 0 Å². The zero-order valence-corrected chi connectivity index (χ0v) is 17.8. The molecule has 164 valence electrons. The number of anilines is 1. The van der Waals surface area contributed by atoms with Gasteiger partial charge in [-0.25, -0.2) is 4.98 Å². The van der Waals surface area contributed by atoms with E-state index in [9.17, 15) is 18.0 Å². The van der Waals surface area contributed by atoms with Crippen LogP contribution >= 0.6 is 11.3 Å². The highest BCUT2D eigenvalue weighted by atomic mass is 32.1. The highest BCUT2D eigenvalue weighted by molar-refractivity contribution is 7.17. The number of amides is 1. The van der Waals surface area contributed by atoms with Gasteiger partial charge in [0.25, 0.3) is 5.91 Å². The fraction of sp³-hybridized carbons (Fsp3) is 0.381. The number of nitrogens with one attached hydrogen (secondary N) is 1. The molecular weight excluding hydrogens is 427 g/mol. The quantitative estimate of drug-likeness (QED) is 0.602. The average molecular weight is 450 g/mol. The molecule has 2 aromatic heterocycles. The summed E-state index contributed by atoms with van der Waals surface area (Å²) in [6.45, 7) is 0.227. The Morgan fingerprint density at radius 1 is 1.13 bits per heavy atom. The van der Waals surface area contributed by atoms with Crippen LogP contribution in [-0.2, 0) is 6.54 Å². The maximum atomic E-state index is 13.0. The Labute approximate surface area is 181 Å². The fourth-order valence-corrected chi connectivity index (χ4v) is 4.61. The molecule has 1 fully saturated rings. The summed E-state index contributed by atoms with van der Waals surface area (Å²) in [5.41, 5.74) is 2.78. The Morgan fingerprint density at radius 2 is 1.84 bits per heavy atom. The van der Waals surface area contributed by atoms with Gasteiger partial charge in [-0.15, -0.1) is 11.3 Å². The highest BCUT2D eigenvalue weighted by Gasteiger charge is 2.29. The number of hydrogen-bond acceptors (Lipinski definition) is 5. The van der Waals surface area contributed by atoms with E-state index in [1.807, 2.05) is 31.3 Å². The van der Waals surface area contributed by atoms with Crippen LogP contribution in [0.5, 0.6) is 0 Å². The molecule has 1 N–H and O–H groups in total. The molecule has 0 unspecified atom stereocenters. The van der Waals surface area contributed by atoms with Crippen LogP contribution < -0.4 is 5.32 Å². The largest absolute Gasteiger partial charge is 0.408 e. The van der Waals surface area contributed by atoms with Crippen LogP contribution in [-0.4, -0.2) is 51.9 Å². The van der Waals surface area contributed by atoms with Gasteiger partial charge in [-0.3, -0.25) is 9.48 Å². The Balaban J connectivity index is 1.73. The van der Waals surface area contributed by atoms with Crippen molar-refractivity contribution in [1.29, 1.82) is 0 Å². The topological polar surface area (TPSA) is 63.1 Å². The van der Waals surface area contributed by atoms with E-state index < -0.39 is 12.7 Å². The summed E-state index contributed by atoms with van der Waals surface area (Å²) in [7, 11) is 1.81. The van der Waals surface area contributed by atoms with Crippen molar-refractivity contribution in [3.8, 4) is 21.7 Å². The van der Waals surface area contributed by atoms with Gasteiger partial charge in [0.1, 0.15) is 6.54 Å². The molecule has 10 heteroatoms. The Bertz CT molecular complexity index is 1050. The Kier molecular flexibility index (Phi) is 5.99. The lowest BCUT2D eigenvalue weighted by Crippen LogP contribution is -2.35. The lowest BCUT2D eigenvalue weighted by atomic mass is 10.1. The number of benzene rings is 1. The molecule has 6 nitrogen and oxygen atoms in total. The molecule has 0 bridgehead atoms. The van der Waals surface area contributed by atoms with Crippen molar-refractivity contribution >= 4 is 22.9 Å². The normalized spacial score (nSPS) is 14.6. The van der Waals surface area contributed by atoms with Crippen LogP contribution in [0.1, 0.15) is 29.1 Å². The predicted molar refractivity (Wildman–Crippen MR) is 114 cm³/mol. The monoisotopic (exact) mass is 449 g/mol. The number of carbonyl (C=O) groups excluding carboxylic acids is 1. The summed E-state index contributed by atoms with van der Waals surface area (Å²) in [4.78, 5) is 20.1. The van der Waals surface area contributed by atoms with E-state index in [0.29, 0.717) is 34.2 Å². The molecule has 0 atom stereocenters. The van der Waals surface area contributed by atoms with Crippen molar-refractivity contribution in [2.24, 2.45) is 0 Å².